The summed E-state index contributed by atoms with van der Waals surface area (Å²) >= 11 is 0. The van der Waals surface area contributed by atoms with Gasteiger partial charge in [-0.25, -0.2) is 13.4 Å². The summed E-state index contributed by atoms with van der Waals surface area (Å²) in [5.41, 5.74) is 1.04. The molecular formula is C13H18N4O3S. The van der Waals surface area contributed by atoms with Crippen molar-refractivity contribution < 1.29 is 12.9 Å². The number of para-hydroxylation sites is 1. The van der Waals surface area contributed by atoms with Crippen molar-refractivity contribution in [2.45, 2.75) is 5.75 Å². The highest BCUT2D eigenvalue weighted by Gasteiger charge is 2.22. The standard InChI is InChI=1S/C13H18N4O3S/c1-16-6-8-17(9-7-16)15-21(18,19)10-12-11-4-2-3-5-13(11)20-14-12/h2-5,15H,6-10H2,1H3. The van der Waals surface area contributed by atoms with Crippen molar-refractivity contribution >= 4 is 21.0 Å². The van der Waals surface area contributed by atoms with Crippen molar-refractivity contribution in [2.75, 3.05) is 33.2 Å². The normalized spacial score (nSPS) is 18.3. The van der Waals surface area contributed by atoms with E-state index in [-0.39, 0.29) is 5.75 Å². The first kappa shape index (κ1) is 14.5. The zero-order chi connectivity index (χ0) is 14.9. The van der Waals surface area contributed by atoms with Crippen molar-refractivity contribution in [1.29, 1.82) is 0 Å². The van der Waals surface area contributed by atoms with Gasteiger partial charge < -0.3 is 9.42 Å². The van der Waals surface area contributed by atoms with E-state index in [1.807, 2.05) is 25.2 Å². The molecule has 21 heavy (non-hydrogen) atoms. The van der Waals surface area contributed by atoms with Gasteiger partial charge in [-0.2, -0.15) is 0 Å². The number of fused-ring (bicyclic) bond motifs is 1. The highest BCUT2D eigenvalue weighted by atomic mass is 32.2. The van der Waals surface area contributed by atoms with Crippen LogP contribution in [-0.2, 0) is 15.8 Å². The number of rotatable bonds is 4. The first-order valence-corrected chi connectivity index (χ1v) is 8.46. The Morgan fingerprint density at radius 1 is 1.24 bits per heavy atom. The van der Waals surface area contributed by atoms with Crippen LogP contribution in [-0.4, -0.2) is 56.7 Å². The van der Waals surface area contributed by atoms with Crippen LogP contribution in [0.3, 0.4) is 0 Å². The van der Waals surface area contributed by atoms with Crippen molar-refractivity contribution in [3.8, 4) is 0 Å². The average Bonchev–Trinajstić information content (AvgIpc) is 2.84. The van der Waals surface area contributed by atoms with E-state index >= 15 is 0 Å². The topological polar surface area (TPSA) is 78.7 Å². The summed E-state index contributed by atoms with van der Waals surface area (Å²) in [4.78, 5) is 4.78. The minimum Gasteiger partial charge on any atom is -0.356 e. The van der Waals surface area contributed by atoms with Crippen molar-refractivity contribution in [3.05, 3.63) is 30.0 Å². The Morgan fingerprint density at radius 2 is 1.95 bits per heavy atom. The Bertz CT molecular complexity index is 720. The summed E-state index contributed by atoms with van der Waals surface area (Å²) in [7, 11) is -1.46. The second-order valence-corrected chi connectivity index (χ2v) is 6.97. The van der Waals surface area contributed by atoms with E-state index < -0.39 is 10.0 Å². The van der Waals surface area contributed by atoms with E-state index in [4.69, 9.17) is 4.52 Å². The quantitative estimate of drug-likeness (QED) is 0.881. The Hall–Kier alpha value is -1.48. The molecule has 2 heterocycles. The largest absolute Gasteiger partial charge is 0.356 e. The van der Waals surface area contributed by atoms with Crippen LogP contribution in [0.25, 0.3) is 11.0 Å². The summed E-state index contributed by atoms with van der Waals surface area (Å²) in [5.74, 6) is -0.184. The first-order valence-electron chi connectivity index (χ1n) is 6.80. The predicted molar refractivity (Wildman–Crippen MR) is 78.8 cm³/mol. The van der Waals surface area contributed by atoms with Gasteiger partial charge in [0.2, 0.25) is 10.0 Å². The summed E-state index contributed by atoms with van der Waals surface area (Å²) in [5, 5.41) is 6.34. The fourth-order valence-electron chi connectivity index (χ4n) is 2.35. The van der Waals surface area contributed by atoms with Crippen LogP contribution in [0.2, 0.25) is 0 Å². The van der Waals surface area contributed by atoms with Gasteiger partial charge in [0.15, 0.2) is 5.58 Å². The molecule has 1 aromatic carbocycles. The average molecular weight is 310 g/mol. The Morgan fingerprint density at radius 3 is 2.71 bits per heavy atom. The monoisotopic (exact) mass is 310 g/mol. The molecule has 0 atom stereocenters. The summed E-state index contributed by atoms with van der Waals surface area (Å²) in [6.45, 7) is 3.04. The maximum absolute atomic E-state index is 12.2. The number of benzene rings is 1. The van der Waals surface area contributed by atoms with E-state index in [0.29, 0.717) is 24.4 Å². The lowest BCUT2D eigenvalue weighted by Crippen LogP contribution is -2.52. The number of sulfonamides is 1. The third-order valence-corrected chi connectivity index (χ3v) is 4.74. The van der Waals surface area contributed by atoms with Gasteiger partial charge in [-0.3, -0.25) is 0 Å². The summed E-state index contributed by atoms with van der Waals surface area (Å²) < 4.78 is 29.6. The fourth-order valence-corrected chi connectivity index (χ4v) is 3.56. The third-order valence-electron chi connectivity index (χ3n) is 3.55. The number of nitrogens with zero attached hydrogens (tertiary/aromatic N) is 3. The number of piperazine rings is 1. The second kappa shape index (κ2) is 5.72. The number of aromatic nitrogens is 1. The number of hydrazine groups is 1. The minimum atomic E-state index is -3.48. The van der Waals surface area contributed by atoms with Crippen LogP contribution in [0.15, 0.2) is 28.8 Å². The molecule has 8 heteroatoms. The Balaban J connectivity index is 1.71. The van der Waals surface area contributed by atoms with Gasteiger partial charge in [0.25, 0.3) is 0 Å². The highest BCUT2D eigenvalue weighted by Crippen LogP contribution is 2.19. The van der Waals surface area contributed by atoms with Crippen LogP contribution in [0.5, 0.6) is 0 Å². The SMILES string of the molecule is CN1CCN(NS(=O)(=O)Cc2noc3ccccc23)CC1. The van der Waals surface area contributed by atoms with E-state index in [2.05, 4.69) is 14.9 Å². The minimum absolute atomic E-state index is 0.184. The maximum atomic E-state index is 12.2. The molecule has 0 unspecified atom stereocenters. The predicted octanol–water partition coefficient (Wildman–Crippen LogP) is 0.410. The molecule has 114 valence electrons. The molecule has 0 amide bonds. The fraction of sp³-hybridized carbons (Fsp3) is 0.462. The van der Waals surface area contributed by atoms with Crippen molar-refractivity contribution in [1.82, 2.24) is 19.9 Å². The molecule has 0 spiro atoms. The molecule has 0 radical (unpaired) electrons. The molecule has 2 aromatic rings. The van der Waals surface area contributed by atoms with E-state index in [1.54, 1.807) is 11.1 Å². The molecule has 1 fully saturated rings. The lowest BCUT2D eigenvalue weighted by atomic mass is 10.2. The van der Waals surface area contributed by atoms with Gasteiger partial charge in [0.05, 0.1) is 0 Å². The summed E-state index contributed by atoms with van der Waals surface area (Å²) in [6, 6.07) is 7.25. The zero-order valence-corrected chi connectivity index (χ0v) is 12.6. The van der Waals surface area contributed by atoms with Crippen LogP contribution in [0, 0.1) is 0 Å². The molecule has 1 aromatic heterocycles. The van der Waals surface area contributed by atoms with Gasteiger partial charge >= 0.3 is 0 Å². The molecule has 3 rings (SSSR count). The molecule has 1 aliphatic heterocycles. The van der Waals surface area contributed by atoms with Gasteiger partial charge in [0.1, 0.15) is 11.4 Å². The van der Waals surface area contributed by atoms with Crippen LogP contribution < -0.4 is 4.83 Å². The number of likely N-dealkylation sites (N-methyl/N-ethyl adjacent to an activating group) is 1. The van der Waals surface area contributed by atoms with Gasteiger partial charge in [-0.05, 0) is 19.2 Å². The molecule has 1 N–H and O–H groups in total. The van der Waals surface area contributed by atoms with Crippen molar-refractivity contribution in [3.63, 3.8) is 0 Å². The van der Waals surface area contributed by atoms with Crippen LogP contribution in [0.4, 0.5) is 0 Å². The number of nitrogens with one attached hydrogen (secondary N) is 1. The molecule has 1 aliphatic rings. The first-order chi connectivity index (χ1) is 10.0. The zero-order valence-electron chi connectivity index (χ0n) is 11.8. The van der Waals surface area contributed by atoms with Crippen LogP contribution >= 0.6 is 0 Å². The lowest BCUT2D eigenvalue weighted by molar-refractivity contribution is 0.134. The molecule has 7 nitrogen and oxygen atoms in total. The lowest BCUT2D eigenvalue weighted by Gasteiger charge is -2.32. The Kier molecular flexibility index (Phi) is 3.94. The smallest absolute Gasteiger partial charge is 0.230 e. The van der Waals surface area contributed by atoms with Gasteiger partial charge in [-0.1, -0.05) is 17.3 Å². The highest BCUT2D eigenvalue weighted by molar-refractivity contribution is 7.88. The van der Waals surface area contributed by atoms with Gasteiger partial charge in [-0.15, -0.1) is 4.83 Å². The number of hydrogen-bond acceptors (Lipinski definition) is 6. The van der Waals surface area contributed by atoms with E-state index in [9.17, 15) is 8.42 Å². The molecule has 0 bridgehead atoms. The second-order valence-electron chi connectivity index (χ2n) is 5.27. The maximum Gasteiger partial charge on any atom is 0.230 e. The molecule has 1 saturated heterocycles. The van der Waals surface area contributed by atoms with Gasteiger partial charge in [0, 0.05) is 31.6 Å². The van der Waals surface area contributed by atoms with E-state index in [1.165, 1.54) is 0 Å². The van der Waals surface area contributed by atoms with Crippen molar-refractivity contribution in [2.24, 2.45) is 0 Å². The number of hydrogen-bond donors (Lipinski definition) is 1. The summed E-state index contributed by atoms with van der Waals surface area (Å²) in [6.07, 6.45) is 0. The molecular weight excluding hydrogens is 292 g/mol. The molecule has 0 aliphatic carbocycles. The van der Waals surface area contributed by atoms with E-state index in [0.717, 1.165) is 18.5 Å². The van der Waals surface area contributed by atoms with Crippen LogP contribution in [0.1, 0.15) is 5.69 Å². The third kappa shape index (κ3) is 3.41. The Labute approximate surface area is 123 Å². The molecule has 0 saturated carbocycles.